The Morgan fingerprint density at radius 3 is 2.67 bits per heavy atom. The second-order valence-corrected chi connectivity index (χ2v) is 5.41. The summed E-state index contributed by atoms with van der Waals surface area (Å²) in [6.45, 7) is 3.02. The molecule has 2 nitrogen and oxygen atoms in total. The van der Waals surface area contributed by atoms with Gasteiger partial charge in [-0.1, -0.05) is 40.2 Å². The van der Waals surface area contributed by atoms with Gasteiger partial charge in [0.1, 0.15) is 0 Å². The lowest BCUT2D eigenvalue weighted by atomic mass is 10.1. The maximum Gasteiger partial charge on any atom is 0.0605 e. The zero-order chi connectivity index (χ0) is 12.4. The maximum atomic E-state index is 3.47. The lowest BCUT2D eigenvalue weighted by Gasteiger charge is -2.32. The van der Waals surface area contributed by atoms with Gasteiger partial charge in [-0.25, -0.2) is 0 Å². The summed E-state index contributed by atoms with van der Waals surface area (Å²) < 4.78 is 1.13. The van der Waals surface area contributed by atoms with Gasteiger partial charge in [-0.3, -0.25) is 0 Å². The minimum absolute atomic E-state index is 0.964. The molecule has 0 unspecified atom stereocenters. The standard InChI is InChI=1S/C15H15BrN2/c16-13-7-5-12(6-8-13)11-18-10-9-17-14-3-1-2-4-15(14)18/h1-8,17H,9-11H2. The molecule has 1 heterocycles. The highest BCUT2D eigenvalue weighted by Gasteiger charge is 2.15. The van der Waals surface area contributed by atoms with Gasteiger partial charge in [-0.2, -0.15) is 0 Å². The number of para-hydroxylation sites is 2. The Kier molecular flexibility index (Phi) is 3.24. The van der Waals surface area contributed by atoms with Gasteiger partial charge in [0.25, 0.3) is 0 Å². The van der Waals surface area contributed by atoms with Crippen molar-refractivity contribution in [2.75, 3.05) is 23.3 Å². The van der Waals surface area contributed by atoms with Crippen molar-refractivity contribution >= 4 is 27.3 Å². The first-order valence-electron chi connectivity index (χ1n) is 6.15. The summed E-state index contributed by atoms with van der Waals surface area (Å²) >= 11 is 3.47. The van der Waals surface area contributed by atoms with Gasteiger partial charge in [0.2, 0.25) is 0 Å². The molecule has 1 aliphatic rings. The van der Waals surface area contributed by atoms with Crippen LogP contribution in [0.5, 0.6) is 0 Å². The third-order valence-electron chi connectivity index (χ3n) is 3.23. The lowest BCUT2D eigenvalue weighted by molar-refractivity contribution is 0.787. The van der Waals surface area contributed by atoms with E-state index in [0.717, 1.165) is 24.1 Å². The minimum atomic E-state index is 0.964. The lowest BCUT2D eigenvalue weighted by Crippen LogP contribution is -2.33. The average Bonchev–Trinajstić information content (AvgIpc) is 2.42. The molecule has 0 aliphatic carbocycles. The van der Waals surface area contributed by atoms with Crippen LogP contribution in [0.1, 0.15) is 5.56 Å². The fourth-order valence-electron chi connectivity index (χ4n) is 2.32. The molecular formula is C15H15BrN2. The van der Waals surface area contributed by atoms with Gasteiger partial charge in [0, 0.05) is 24.1 Å². The molecule has 18 heavy (non-hydrogen) atoms. The normalized spacial score (nSPS) is 13.9. The fraction of sp³-hybridized carbons (Fsp3) is 0.200. The fourth-order valence-corrected chi connectivity index (χ4v) is 2.58. The summed E-state index contributed by atoms with van der Waals surface area (Å²) in [4.78, 5) is 2.43. The predicted octanol–water partition coefficient (Wildman–Crippen LogP) is 3.88. The van der Waals surface area contributed by atoms with Crippen LogP contribution in [0.25, 0.3) is 0 Å². The van der Waals surface area contributed by atoms with Crippen molar-refractivity contribution in [3.05, 3.63) is 58.6 Å². The van der Waals surface area contributed by atoms with Crippen molar-refractivity contribution in [2.45, 2.75) is 6.54 Å². The molecule has 0 saturated heterocycles. The minimum Gasteiger partial charge on any atom is -0.382 e. The van der Waals surface area contributed by atoms with Gasteiger partial charge < -0.3 is 10.2 Å². The van der Waals surface area contributed by atoms with Crippen molar-refractivity contribution in [3.8, 4) is 0 Å². The Balaban J connectivity index is 1.84. The third-order valence-corrected chi connectivity index (χ3v) is 3.76. The summed E-state index contributed by atoms with van der Waals surface area (Å²) in [6.07, 6.45) is 0. The Bertz CT molecular complexity index is 536. The molecule has 3 heteroatoms. The van der Waals surface area contributed by atoms with Gasteiger partial charge in [-0.05, 0) is 29.8 Å². The molecule has 0 bridgehead atoms. The maximum absolute atomic E-state index is 3.47. The highest BCUT2D eigenvalue weighted by molar-refractivity contribution is 9.10. The van der Waals surface area contributed by atoms with E-state index in [0.29, 0.717) is 0 Å². The van der Waals surface area contributed by atoms with Crippen LogP contribution in [0.15, 0.2) is 53.0 Å². The number of hydrogen-bond acceptors (Lipinski definition) is 2. The van der Waals surface area contributed by atoms with E-state index >= 15 is 0 Å². The van der Waals surface area contributed by atoms with E-state index in [1.165, 1.54) is 16.9 Å². The summed E-state index contributed by atoms with van der Waals surface area (Å²) in [6, 6.07) is 17.1. The summed E-state index contributed by atoms with van der Waals surface area (Å²) in [5, 5.41) is 3.44. The van der Waals surface area contributed by atoms with E-state index in [1.54, 1.807) is 0 Å². The Hall–Kier alpha value is -1.48. The number of anilines is 2. The molecule has 1 N–H and O–H groups in total. The van der Waals surface area contributed by atoms with Crippen LogP contribution in [0.3, 0.4) is 0 Å². The van der Waals surface area contributed by atoms with Gasteiger partial charge in [0.15, 0.2) is 0 Å². The molecule has 2 aromatic carbocycles. The number of benzene rings is 2. The van der Waals surface area contributed by atoms with E-state index in [-0.39, 0.29) is 0 Å². The highest BCUT2D eigenvalue weighted by Crippen LogP contribution is 2.29. The van der Waals surface area contributed by atoms with Crippen LogP contribution in [0.4, 0.5) is 11.4 Å². The van der Waals surface area contributed by atoms with Gasteiger partial charge in [-0.15, -0.1) is 0 Å². The summed E-state index contributed by atoms with van der Waals surface area (Å²) in [5.74, 6) is 0. The summed E-state index contributed by atoms with van der Waals surface area (Å²) in [7, 11) is 0. The van der Waals surface area contributed by atoms with Crippen molar-refractivity contribution in [2.24, 2.45) is 0 Å². The molecule has 0 aromatic heterocycles. The quantitative estimate of drug-likeness (QED) is 0.905. The van der Waals surface area contributed by atoms with E-state index in [4.69, 9.17) is 0 Å². The van der Waals surface area contributed by atoms with Crippen molar-refractivity contribution < 1.29 is 0 Å². The van der Waals surface area contributed by atoms with E-state index in [1.807, 2.05) is 0 Å². The number of hydrogen-bond donors (Lipinski definition) is 1. The van der Waals surface area contributed by atoms with E-state index < -0.39 is 0 Å². The largest absolute Gasteiger partial charge is 0.382 e. The average molecular weight is 303 g/mol. The van der Waals surface area contributed by atoms with Crippen LogP contribution in [0, 0.1) is 0 Å². The van der Waals surface area contributed by atoms with E-state index in [9.17, 15) is 0 Å². The number of rotatable bonds is 2. The molecule has 3 rings (SSSR count). The molecule has 0 spiro atoms. The molecule has 0 saturated carbocycles. The molecule has 92 valence electrons. The molecular weight excluding hydrogens is 288 g/mol. The molecule has 0 amide bonds. The van der Waals surface area contributed by atoms with Crippen molar-refractivity contribution in [3.63, 3.8) is 0 Å². The van der Waals surface area contributed by atoms with Crippen molar-refractivity contribution in [1.82, 2.24) is 0 Å². The van der Waals surface area contributed by atoms with Crippen LogP contribution in [-0.4, -0.2) is 13.1 Å². The van der Waals surface area contributed by atoms with Crippen LogP contribution in [0.2, 0.25) is 0 Å². The molecule has 0 atom stereocenters. The highest BCUT2D eigenvalue weighted by atomic mass is 79.9. The van der Waals surface area contributed by atoms with E-state index in [2.05, 4.69) is 74.7 Å². The van der Waals surface area contributed by atoms with Crippen LogP contribution in [-0.2, 0) is 6.54 Å². The summed E-state index contributed by atoms with van der Waals surface area (Å²) in [5.41, 5.74) is 3.88. The molecule has 2 aromatic rings. The Morgan fingerprint density at radius 2 is 1.83 bits per heavy atom. The second kappa shape index (κ2) is 5.02. The monoisotopic (exact) mass is 302 g/mol. The van der Waals surface area contributed by atoms with Crippen LogP contribution < -0.4 is 10.2 Å². The number of fused-ring (bicyclic) bond motifs is 1. The first-order valence-corrected chi connectivity index (χ1v) is 6.94. The smallest absolute Gasteiger partial charge is 0.0605 e. The Morgan fingerprint density at radius 1 is 1.06 bits per heavy atom. The predicted molar refractivity (Wildman–Crippen MR) is 80.1 cm³/mol. The zero-order valence-corrected chi connectivity index (χ0v) is 11.7. The second-order valence-electron chi connectivity index (χ2n) is 4.49. The zero-order valence-electron chi connectivity index (χ0n) is 10.1. The van der Waals surface area contributed by atoms with Gasteiger partial charge in [0.05, 0.1) is 11.4 Å². The Labute approximate surface area is 116 Å². The first-order chi connectivity index (χ1) is 8.83. The first kappa shape index (κ1) is 11.6. The molecule has 0 fully saturated rings. The number of nitrogens with zero attached hydrogens (tertiary/aromatic N) is 1. The third kappa shape index (κ3) is 2.36. The van der Waals surface area contributed by atoms with Crippen molar-refractivity contribution in [1.29, 1.82) is 0 Å². The topological polar surface area (TPSA) is 15.3 Å². The van der Waals surface area contributed by atoms with Crippen LogP contribution >= 0.6 is 15.9 Å². The SMILES string of the molecule is Brc1ccc(CN2CCNc3ccccc32)cc1. The number of halogens is 1. The molecule has 0 radical (unpaired) electrons. The molecule has 1 aliphatic heterocycles. The number of nitrogens with one attached hydrogen (secondary N) is 1. The van der Waals surface area contributed by atoms with Gasteiger partial charge >= 0.3 is 0 Å².